The standard InChI is InChI=1S/C8H17N5/c1-8(2,3)5(9)6-11-7(10)13(4)12-6/h5H,9H2,1-4H3,(H2,10,11,12)/t5-/m0/s1. The fourth-order valence-corrected chi connectivity index (χ4v) is 0.936. The van der Waals surface area contributed by atoms with E-state index >= 15 is 0 Å². The van der Waals surface area contributed by atoms with E-state index in [9.17, 15) is 0 Å². The maximum atomic E-state index is 5.96. The molecule has 1 atom stereocenters. The molecule has 0 unspecified atom stereocenters. The number of anilines is 1. The zero-order chi connectivity index (χ0) is 10.2. The van der Waals surface area contributed by atoms with E-state index < -0.39 is 0 Å². The van der Waals surface area contributed by atoms with Crippen molar-refractivity contribution in [3.8, 4) is 0 Å². The van der Waals surface area contributed by atoms with Crippen LogP contribution in [0.25, 0.3) is 0 Å². The second-order valence-corrected chi connectivity index (χ2v) is 4.30. The second-order valence-electron chi connectivity index (χ2n) is 4.30. The highest BCUT2D eigenvalue weighted by molar-refractivity contribution is 5.17. The van der Waals surface area contributed by atoms with Gasteiger partial charge in [-0.05, 0) is 5.41 Å². The monoisotopic (exact) mass is 183 g/mol. The molecule has 0 radical (unpaired) electrons. The van der Waals surface area contributed by atoms with Gasteiger partial charge in [0.05, 0.1) is 6.04 Å². The van der Waals surface area contributed by atoms with Gasteiger partial charge < -0.3 is 11.5 Å². The van der Waals surface area contributed by atoms with E-state index in [0.29, 0.717) is 11.8 Å². The van der Waals surface area contributed by atoms with Crippen LogP contribution in [0.15, 0.2) is 0 Å². The molecule has 5 heteroatoms. The van der Waals surface area contributed by atoms with E-state index in [1.165, 1.54) is 4.68 Å². The molecule has 0 aliphatic heterocycles. The third-order valence-electron chi connectivity index (χ3n) is 2.02. The highest BCUT2D eigenvalue weighted by Crippen LogP contribution is 2.28. The number of nitrogen functional groups attached to an aromatic ring is 1. The number of nitrogens with two attached hydrogens (primary N) is 2. The number of hydrogen-bond donors (Lipinski definition) is 2. The predicted molar refractivity (Wildman–Crippen MR) is 51.8 cm³/mol. The van der Waals surface area contributed by atoms with Crippen LogP contribution in [0.5, 0.6) is 0 Å². The molecular weight excluding hydrogens is 166 g/mol. The van der Waals surface area contributed by atoms with E-state index in [4.69, 9.17) is 11.5 Å². The zero-order valence-corrected chi connectivity index (χ0v) is 8.57. The largest absolute Gasteiger partial charge is 0.368 e. The van der Waals surface area contributed by atoms with Crippen molar-refractivity contribution in [1.82, 2.24) is 14.8 Å². The Labute approximate surface area is 78.1 Å². The fraction of sp³-hybridized carbons (Fsp3) is 0.750. The Balaban J connectivity index is 2.96. The fourth-order valence-electron chi connectivity index (χ4n) is 0.936. The quantitative estimate of drug-likeness (QED) is 0.662. The van der Waals surface area contributed by atoms with Crippen molar-refractivity contribution in [3.05, 3.63) is 5.82 Å². The molecule has 0 amide bonds. The molecule has 0 saturated carbocycles. The third-order valence-corrected chi connectivity index (χ3v) is 2.02. The Kier molecular flexibility index (Phi) is 2.30. The van der Waals surface area contributed by atoms with Gasteiger partial charge in [-0.15, -0.1) is 0 Å². The molecule has 1 aromatic heterocycles. The number of nitrogens with zero attached hydrogens (tertiary/aromatic N) is 3. The predicted octanol–water partition coefficient (Wildman–Crippen LogP) is 0.443. The minimum absolute atomic E-state index is 0.0478. The normalized spacial score (nSPS) is 14.5. The van der Waals surface area contributed by atoms with Crippen LogP contribution in [0, 0.1) is 5.41 Å². The summed E-state index contributed by atoms with van der Waals surface area (Å²) in [4.78, 5) is 4.08. The average Bonchev–Trinajstić information content (AvgIpc) is 2.29. The smallest absolute Gasteiger partial charge is 0.218 e. The van der Waals surface area contributed by atoms with Gasteiger partial charge in [0.25, 0.3) is 0 Å². The maximum absolute atomic E-state index is 5.96. The highest BCUT2D eigenvalue weighted by atomic mass is 15.4. The molecule has 1 heterocycles. The van der Waals surface area contributed by atoms with Crippen molar-refractivity contribution in [2.24, 2.45) is 18.2 Å². The molecule has 0 aromatic carbocycles. The SMILES string of the molecule is Cn1nc([C@H](N)C(C)(C)C)nc1N. The molecular formula is C8H17N5. The van der Waals surface area contributed by atoms with E-state index in [1.807, 2.05) is 20.8 Å². The third kappa shape index (κ3) is 1.98. The lowest BCUT2D eigenvalue weighted by atomic mass is 9.87. The first-order valence-corrected chi connectivity index (χ1v) is 4.24. The first-order valence-electron chi connectivity index (χ1n) is 4.24. The average molecular weight is 183 g/mol. The number of aromatic nitrogens is 3. The van der Waals surface area contributed by atoms with Gasteiger partial charge in [0.15, 0.2) is 5.82 Å². The summed E-state index contributed by atoms with van der Waals surface area (Å²) in [7, 11) is 1.75. The van der Waals surface area contributed by atoms with Gasteiger partial charge in [-0.1, -0.05) is 20.8 Å². The topological polar surface area (TPSA) is 82.8 Å². The van der Waals surface area contributed by atoms with Gasteiger partial charge in [0.2, 0.25) is 5.95 Å². The first-order chi connectivity index (χ1) is 5.82. The minimum atomic E-state index is -0.184. The lowest BCUT2D eigenvalue weighted by Gasteiger charge is -2.24. The molecule has 1 aromatic rings. The molecule has 0 saturated heterocycles. The molecule has 0 fully saturated rings. The van der Waals surface area contributed by atoms with Gasteiger partial charge in [-0.2, -0.15) is 10.1 Å². The Morgan fingerprint density at radius 1 is 1.38 bits per heavy atom. The number of rotatable bonds is 1. The van der Waals surface area contributed by atoms with Gasteiger partial charge in [-0.25, -0.2) is 4.68 Å². The van der Waals surface area contributed by atoms with Crippen molar-refractivity contribution in [3.63, 3.8) is 0 Å². The molecule has 0 aliphatic rings. The summed E-state index contributed by atoms with van der Waals surface area (Å²) in [6.07, 6.45) is 0. The summed E-state index contributed by atoms with van der Waals surface area (Å²) < 4.78 is 1.53. The van der Waals surface area contributed by atoms with Gasteiger partial charge in [0, 0.05) is 7.05 Å². The van der Waals surface area contributed by atoms with E-state index in [0.717, 1.165) is 0 Å². The Bertz CT molecular complexity index is 276. The van der Waals surface area contributed by atoms with Gasteiger partial charge in [0.1, 0.15) is 0 Å². The number of hydrogen-bond acceptors (Lipinski definition) is 4. The lowest BCUT2D eigenvalue weighted by molar-refractivity contribution is 0.315. The summed E-state index contributed by atoms with van der Waals surface area (Å²) in [5.41, 5.74) is 11.5. The van der Waals surface area contributed by atoms with Crippen LogP contribution in [0.4, 0.5) is 5.95 Å². The van der Waals surface area contributed by atoms with Crippen LogP contribution in [-0.4, -0.2) is 14.8 Å². The lowest BCUT2D eigenvalue weighted by Crippen LogP contribution is -2.27. The van der Waals surface area contributed by atoms with E-state index in [1.54, 1.807) is 7.05 Å². The van der Waals surface area contributed by atoms with E-state index in [-0.39, 0.29) is 11.5 Å². The van der Waals surface area contributed by atoms with Crippen molar-refractivity contribution >= 4 is 5.95 Å². The summed E-state index contributed by atoms with van der Waals surface area (Å²) >= 11 is 0. The second kappa shape index (κ2) is 2.99. The van der Waals surface area contributed by atoms with Gasteiger partial charge >= 0.3 is 0 Å². The van der Waals surface area contributed by atoms with Crippen LogP contribution in [0.2, 0.25) is 0 Å². The van der Waals surface area contributed by atoms with Crippen molar-refractivity contribution in [2.75, 3.05) is 5.73 Å². The Morgan fingerprint density at radius 3 is 2.23 bits per heavy atom. The summed E-state index contributed by atoms with van der Waals surface area (Å²) in [5, 5.41) is 4.13. The first kappa shape index (κ1) is 9.98. The molecule has 0 aliphatic carbocycles. The molecule has 4 N–H and O–H groups in total. The summed E-state index contributed by atoms with van der Waals surface area (Å²) in [6, 6.07) is -0.184. The minimum Gasteiger partial charge on any atom is -0.368 e. The highest BCUT2D eigenvalue weighted by Gasteiger charge is 2.26. The Hall–Kier alpha value is -1.10. The summed E-state index contributed by atoms with van der Waals surface area (Å²) in [5.74, 6) is 1.00. The zero-order valence-electron chi connectivity index (χ0n) is 8.57. The van der Waals surface area contributed by atoms with Crippen LogP contribution >= 0.6 is 0 Å². The molecule has 5 nitrogen and oxygen atoms in total. The Morgan fingerprint density at radius 2 is 1.92 bits per heavy atom. The molecule has 13 heavy (non-hydrogen) atoms. The van der Waals surface area contributed by atoms with Crippen LogP contribution < -0.4 is 11.5 Å². The van der Waals surface area contributed by atoms with Crippen molar-refractivity contribution < 1.29 is 0 Å². The van der Waals surface area contributed by atoms with Crippen LogP contribution in [0.1, 0.15) is 32.6 Å². The van der Waals surface area contributed by atoms with Crippen molar-refractivity contribution in [1.29, 1.82) is 0 Å². The molecule has 74 valence electrons. The van der Waals surface area contributed by atoms with Crippen molar-refractivity contribution in [2.45, 2.75) is 26.8 Å². The maximum Gasteiger partial charge on any atom is 0.218 e. The molecule has 1 rings (SSSR count). The summed E-state index contributed by atoms with van der Waals surface area (Å²) in [6.45, 7) is 6.14. The van der Waals surface area contributed by atoms with Gasteiger partial charge in [-0.3, -0.25) is 0 Å². The van der Waals surface area contributed by atoms with Crippen LogP contribution in [0.3, 0.4) is 0 Å². The van der Waals surface area contributed by atoms with E-state index in [2.05, 4.69) is 10.1 Å². The van der Waals surface area contributed by atoms with Crippen LogP contribution in [-0.2, 0) is 7.05 Å². The molecule has 0 spiro atoms. The number of aryl methyl sites for hydroxylation is 1. The molecule has 0 bridgehead atoms.